The number of benzene rings is 2. The van der Waals surface area contributed by atoms with Crippen LogP contribution in [0.3, 0.4) is 0 Å². The maximum atomic E-state index is 14.6. The van der Waals surface area contributed by atoms with Gasteiger partial charge in [-0.3, -0.25) is 10.2 Å². The average molecular weight is 420 g/mol. The van der Waals surface area contributed by atoms with Crippen molar-refractivity contribution in [2.24, 2.45) is 5.92 Å². The number of rotatable bonds is 6. The van der Waals surface area contributed by atoms with Crippen molar-refractivity contribution in [1.29, 1.82) is 0 Å². The molecule has 0 saturated carbocycles. The Morgan fingerprint density at radius 2 is 1.79 bits per heavy atom. The molecule has 1 unspecified atom stereocenters. The predicted octanol–water partition coefficient (Wildman–Crippen LogP) is 2.75. The molecule has 1 fully saturated rings. The maximum Gasteiger partial charge on any atom is 0.269 e. The van der Waals surface area contributed by atoms with Gasteiger partial charge in [0.2, 0.25) is 10.0 Å². The first-order valence-electron chi connectivity index (χ1n) is 9.67. The molecule has 29 heavy (non-hydrogen) atoms. The van der Waals surface area contributed by atoms with Crippen LogP contribution in [0.2, 0.25) is 0 Å². The fourth-order valence-corrected chi connectivity index (χ4v) is 4.78. The molecule has 2 aromatic carbocycles. The average Bonchev–Trinajstić information content (AvgIpc) is 2.74. The second kappa shape index (κ2) is 9.02. The SMILES string of the molecule is Cc1cc(-c2ccccc2)cc(C(=O)NNS(=O)(=O)C(C)C2CCNCC2)c1F. The number of halogens is 1. The molecular formula is C21H26FN3O3S. The third kappa shape index (κ3) is 5.01. The van der Waals surface area contributed by atoms with Gasteiger partial charge in [0.05, 0.1) is 10.8 Å². The van der Waals surface area contributed by atoms with Gasteiger partial charge in [0.1, 0.15) is 5.82 Å². The van der Waals surface area contributed by atoms with E-state index in [9.17, 15) is 17.6 Å². The van der Waals surface area contributed by atoms with Crippen LogP contribution in [0.5, 0.6) is 0 Å². The van der Waals surface area contributed by atoms with Crippen LogP contribution in [0.15, 0.2) is 42.5 Å². The summed E-state index contributed by atoms with van der Waals surface area (Å²) < 4.78 is 39.7. The summed E-state index contributed by atoms with van der Waals surface area (Å²) >= 11 is 0. The molecule has 1 aliphatic rings. The molecule has 1 atom stereocenters. The summed E-state index contributed by atoms with van der Waals surface area (Å²) in [5, 5.41) is 2.54. The number of amides is 1. The number of piperidine rings is 1. The van der Waals surface area contributed by atoms with Crippen LogP contribution in [0, 0.1) is 18.7 Å². The summed E-state index contributed by atoms with van der Waals surface area (Å²) in [6, 6.07) is 12.4. The molecule has 2 aromatic rings. The molecule has 3 N–H and O–H groups in total. The normalized spacial score (nSPS) is 16.4. The van der Waals surface area contributed by atoms with Crippen LogP contribution in [-0.2, 0) is 10.0 Å². The first-order chi connectivity index (χ1) is 13.8. The summed E-state index contributed by atoms with van der Waals surface area (Å²) in [6.07, 6.45) is 1.51. The van der Waals surface area contributed by atoms with E-state index in [-0.39, 0.29) is 11.5 Å². The standard InChI is InChI=1S/C21H26FN3O3S/c1-14-12-18(17-6-4-3-5-7-17)13-19(20(14)22)21(26)24-25-29(27,28)15(2)16-8-10-23-11-9-16/h3-7,12-13,15-16,23,25H,8-11H2,1-2H3,(H,24,26). The van der Waals surface area contributed by atoms with Crippen molar-refractivity contribution in [3.63, 3.8) is 0 Å². The lowest BCUT2D eigenvalue weighted by molar-refractivity contribution is 0.0940. The van der Waals surface area contributed by atoms with E-state index in [0.29, 0.717) is 11.1 Å². The maximum absolute atomic E-state index is 14.6. The Morgan fingerprint density at radius 3 is 2.45 bits per heavy atom. The van der Waals surface area contributed by atoms with Crippen LogP contribution in [0.1, 0.15) is 35.7 Å². The van der Waals surface area contributed by atoms with Crippen molar-refractivity contribution >= 4 is 15.9 Å². The molecule has 0 aromatic heterocycles. The van der Waals surface area contributed by atoms with E-state index >= 15 is 0 Å². The van der Waals surface area contributed by atoms with Crippen LogP contribution in [0.4, 0.5) is 4.39 Å². The number of hydrogen-bond acceptors (Lipinski definition) is 4. The second-order valence-electron chi connectivity index (χ2n) is 7.41. The van der Waals surface area contributed by atoms with E-state index in [1.807, 2.05) is 30.3 Å². The van der Waals surface area contributed by atoms with Crippen molar-refractivity contribution in [3.8, 4) is 11.1 Å². The molecule has 0 bridgehead atoms. The van der Waals surface area contributed by atoms with Crippen molar-refractivity contribution in [2.45, 2.75) is 31.9 Å². The highest BCUT2D eigenvalue weighted by atomic mass is 32.2. The van der Waals surface area contributed by atoms with Gasteiger partial charge >= 0.3 is 0 Å². The van der Waals surface area contributed by atoms with E-state index in [2.05, 4.69) is 15.6 Å². The third-order valence-corrected chi connectivity index (χ3v) is 7.20. The molecule has 1 aliphatic heterocycles. The Balaban J connectivity index is 1.76. The number of sulfonamides is 1. The fourth-order valence-electron chi connectivity index (χ4n) is 3.58. The molecule has 3 rings (SSSR count). The summed E-state index contributed by atoms with van der Waals surface area (Å²) in [5.74, 6) is -1.50. The van der Waals surface area contributed by atoms with Crippen LogP contribution < -0.4 is 15.6 Å². The van der Waals surface area contributed by atoms with Gasteiger partial charge in [0.25, 0.3) is 5.91 Å². The number of aryl methyl sites for hydroxylation is 1. The van der Waals surface area contributed by atoms with Crippen molar-refractivity contribution < 1.29 is 17.6 Å². The molecular weight excluding hydrogens is 393 g/mol. The third-order valence-electron chi connectivity index (χ3n) is 5.45. The summed E-state index contributed by atoms with van der Waals surface area (Å²) in [7, 11) is -3.78. The Hall–Kier alpha value is -2.29. The number of nitrogens with one attached hydrogen (secondary N) is 3. The lowest BCUT2D eigenvalue weighted by atomic mass is 9.95. The summed E-state index contributed by atoms with van der Waals surface area (Å²) in [6.45, 7) is 4.74. The minimum absolute atomic E-state index is 0.00559. The molecule has 0 radical (unpaired) electrons. The molecule has 1 heterocycles. The van der Waals surface area contributed by atoms with Crippen LogP contribution in [0.25, 0.3) is 11.1 Å². The smallest absolute Gasteiger partial charge is 0.269 e. The number of hydrogen-bond donors (Lipinski definition) is 3. The first kappa shape index (κ1) is 21.4. The van der Waals surface area contributed by atoms with Gasteiger partial charge in [-0.25, -0.2) is 12.8 Å². The number of hydrazine groups is 1. The first-order valence-corrected chi connectivity index (χ1v) is 11.2. The van der Waals surface area contributed by atoms with E-state index in [0.717, 1.165) is 31.5 Å². The zero-order valence-electron chi connectivity index (χ0n) is 16.5. The predicted molar refractivity (Wildman–Crippen MR) is 111 cm³/mol. The van der Waals surface area contributed by atoms with Crippen LogP contribution >= 0.6 is 0 Å². The Bertz CT molecular complexity index is 974. The van der Waals surface area contributed by atoms with Crippen molar-refractivity contribution in [3.05, 3.63) is 59.4 Å². The number of carbonyl (C=O) groups is 1. The van der Waals surface area contributed by atoms with E-state index in [1.54, 1.807) is 19.9 Å². The molecule has 6 nitrogen and oxygen atoms in total. The van der Waals surface area contributed by atoms with Gasteiger partial charge < -0.3 is 5.32 Å². The number of carbonyl (C=O) groups excluding carboxylic acids is 1. The van der Waals surface area contributed by atoms with E-state index in [4.69, 9.17) is 0 Å². The zero-order valence-corrected chi connectivity index (χ0v) is 17.4. The zero-order chi connectivity index (χ0) is 21.0. The lowest BCUT2D eigenvalue weighted by Crippen LogP contribution is -2.48. The fraction of sp³-hybridized carbons (Fsp3) is 0.381. The van der Waals surface area contributed by atoms with Gasteiger partial charge in [-0.15, -0.1) is 4.83 Å². The van der Waals surface area contributed by atoms with Gasteiger partial charge in [-0.2, -0.15) is 0 Å². The molecule has 1 saturated heterocycles. The second-order valence-corrected chi connectivity index (χ2v) is 9.45. The Morgan fingerprint density at radius 1 is 1.14 bits per heavy atom. The molecule has 156 valence electrons. The minimum atomic E-state index is -3.78. The highest BCUT2D eigenvalue weighted by Gasteiger charge is 2.31. The molecule has 1 amide bonds. The van der Waals surface area contributed by atoms with Crippen molar-refractivity contribution in [2.75, 3.05) is 13.1 Å². The van der Waals surface area contributed by atoms with Gasteiger partial charge in [0.15, 0.2) is 0 Å². The van der Waals surface area contributed by atoms with Gasteiger partial charge in [0, 0.05) is 0 Å². The van der Waals surface area contributed by atoms with Crippen LogP contribution in [-0.4, -0.2) is 32.7 Å². The van der Waals surface area contributed by atoms with Gasteiger partial charge in [-0.1, -0.05) is 30.3 Å². The van der Waals surface area contributed by atoms with E-state index in [1.165, 1.54) is 6.07 Å². The summed E-state index contributed by atoms with van der Waals surface area (Å²) in [5.41, 5.74) is 3.79. The largest absolute Gasteiger partial charge is 0.317 e. The quantitative estimate of drug-likeness (QED) is 0.629. The lowest BCUT2D eigenvalue weighted by Gasteiger charge is -2.28. The minimum Gasteiger partial charge on any atom is -0.317 e. The Kier molecular flexibility index (Phi) is 6.66. The molecule has 8 heteroatoms. The van der Waals surface area contributed by atoms with Crippen molar-refractivity contribution in [1.82, 2.24) is 15.6 Å². The highest BCUT2D eigenvalue weighted by Crippen LogP contribution is 2.25. The monoisotopic (exact) mass is 419 g/mol. The molecule has 0 spiro atoms. The summed E-state index contributed by atoms with van der Waals surface area (Å²) in [4.78, 5) is 14.7. The van der Waals surface area contributed by atoms with Gasteiger partial charge in [-0.05, 0) is 74.5 Å². The molecule has 0 aliphatic carbocycles. The highest BCUT2D eigenvalue weighted by molar-refractivity contribution is 7.90. The Labute approximate surface area is 170 Å². The topological polar surface area (TPSA) is 87.3 Å². The van der Waals surface area contributed by atoms with E-state index < -0.39 is 27.0 Å².